The molecule has 380 valence electrons. The van der Waals surface area contributed by atoms with Gasteiger partial charge in [0.25, 0.3) is 17.7 Å². The van der Waals surface area contributed by atoms with E-state index in [1.54, 1.807) is 0 Å². The molecule has 0 unspecified atom stereocenters. The number of ketones is 2. The second kappa shape index (κ2) is 19.3. The second-order valence-corrected chi connectivity index (χ2v) is 18.9. The first-order chi connectivity index (χ1) is 33.8. The normalized spacial score (nSPS) is 28.7. The highest BCUT2D eigenvalue weighted by Gasteiger charge is 2.55. The lowest BCUT2D eigenvalue weighted by Gasteiger charge is -2.44. The Balaban J connectivity index is 0.877. The van der Waals surface area contributed by atoms with E-state index in [1.165, 1.54) is 51.2 Å². The Bertz CT molecular complexity index is 2600. The summed E-state index contributed by atoms with van der Waals surface area (Å²) in [5.41, 5.74) is -3.75. The van der Waals surface area contributed by atoms with Crippen LogP contribution in [0.5, 0.6) is 17.2 Å². The predicted octanol–water partition coefficient (Wildman–Crippen LogP) is -0.951. The molecule has 2 aromatic rings. The summed E-state index contributed by atoms with van der Waals surface area (Å²) in [5, 5.41) is 44.3. The van der Waals surface area contributed by atoms with Gasteiger partial charge in [0.15, 0.2) is 24.6 Å². The topological polar surface area (TPSA) is 298 Å². The third-order valence-electron chi connectivity index (χ3n) is 14.4. The van der Waals surface area contributed by atoms with Gasteiger partial charge in [-0.25, -0.2) is 0 Å². The number of carbonyl (C=O) groups is 8. The summed E-state index contributed by atoms with van der Waals surface area (Å²) in [6.45, 7) is 5.82. The average molecular weight is 989 g/mol. The minimum absolute atomic E-state index is 0.000321. The monoisotopic (exact) mass is 988 g/mol. The minimum Gasteiger partial charge on any atom is -0.507 e. The van der Waals surface area contributed by atoms with Crippen LogP contribution in [0.3, 0.4) is 0 Å². The highest BCUT2D eigenvalue weighted by Crippen LogP contribution is 2.53. The SMILES string of the molecule is COc1cccc2c1C(=O)c1c(O)c3c(c(O)c1C2=O)C[C@@](O)(C(=O)NCC1CN(C(=O)[C@H](C)NC(=O)[C@H](C)NC(=O)CCN2C(=O)C=CC2=O)C1)C[C@@H]3O[C@H]1C[C@H]2[C@H](O[C@@H]3[C@@H](OC)OCCN32)[C@H](C)O1. The molecule has 0 aromatic heterocycles. The van der Waals surface area contributed by atoms with Gasteiger partial charge in [-0.2, -0.15) is 0 Å². The van der Waals surface area contributed by atoms with Crippen molar-refractivity contribution in [2.24, 2.45) is 5.92 Å². The number of imide groups is 1. The lowest BCUT2D eigenvalue weighted by Crippen LogP contribution is -2.60. The van der Waals surface area contributed by atoms with Crippen LogP contribution >= 0.6 is 0 Å². The Labute approximate surface area is 406 Å². The number of morpholine rings is 1. The van der Waals surface area contributed by atoms with E-state index in [4.69, 9.17) is 28.4 Å². The number of hydrogen-bond donors (Lipinski definition) is 6. The van der Waals surface area contributed by atoms with Crippen molar-refractivity contribution in [3.05, 3.63) is 63.7 Å². The Morgan fingerprint density at radius 1 is 0.930 bits per heavy atom. The summed E-state index contributed by atoms with van der Waals surface area (Å²) in [4.78, 5) is 109. The quantitative estimate of drug-likeness (QED) is 0.0838. The van der Waals surface area contributed by atoms with Gasteiger partial charge in [0.05, 0.1) is 42.6 Å². The number of nitrogens with zero attached hydrogens (tertiary/aromatic N) is 3. The van der Waals surface area contributed by atoms with Crippen molar-refractivity contribution >= 4 is 47.0 Å². The molecule has 5 aliphatic heterocycles. The molecule has 4 fully saturated rings. The molecular weight excluding hydrogens is 933 g/mol. The molecule has 71 heavy (non-hydrogen) atoms. The van der Waals surface area contributed by atoms with Crippen molar-refractivity contribution in [2.45, 2.75) is 107 Å². The van der Waals surface area contributed by atoms with Crippen LogP contribution < -0.4 is 20.7 Å². The number of hydrogen-bond acceptors (Lipinski definition) is 18. The van der Waals surface area contributed by atoms with Crippen LogP contribution in [0.1, 0.15) is 89.1 Å². The van der Waals surface area contributed by atoms with Crippen LogP contribution in [0.2, 0.25) is 0 Å². The number of benzene rings is 2. The first-order valence-electron chi connectivity index (χ1n) is 23.5. The second-order valence-electron chi connectivity index (χ2n) is 18.9. The first kappa shape index (κ1) is 49.6. The molecule has 0 bridgehead atoms. The number of phenolic OH excluding ortho intramolecular Hbond substituents is 2. The summed E-state index contributed by atoms with van der Waals surface area (Å²) < 4.78 is 36.0. The fourth-order valence-electron chi connectivity index (χ4n) is 10.7. The van der Waals surface area contributed by atoms with E-state index in [0.717, 1.165) is 17.1 Å². The molecule has 5 heterocycles. The van der Waals surface area contributed by atoms with Crippen LogP contribution in [0.15, 0.2) is 30.4 Å². The van der Waals surface area contributed by atoms with Gasteiger partial charge in [0, 0.05) is 106 Å². The zero-order chi connectivity index (χ0) is 50.8. The largest absolute Gasteiger partial charge is 0.507 e. The third kappa shape index (κ3) is 8.93. The summed E-state index contributed by atoms with van der Waals surface area (Å²) >= 11 is 0. The number of likely N-dealkylation sites (tertiary alicyclic amines) is 1. The van der Waals surface area contributed by atoms with Crippen molar-refractivity contribution in [3.63, 3.8) is 0 Å². The maximum atomic E-state index is 14.2. The van der Waals surface area contributed by atoms with Crippen molar-refractivity contribution in [1.82, 2.24) is 30.7 Å². The van der Waals surface area contributed by atoms with Gasteiger partial charge in [-0.1, -0.05) is 12.1 Å². The van der Waals surface area contributed by atoms with Crippen LogP contribution in [0.25, 0.3) is 0 Å². The molecule has 23 heteroatoms. The van der Waals surface area contributed by atoms with Crippen LogP contribution in [0.4, 0.5) is 0 Å². The predicted molar refractivity (Wildman–Crippen MR) is 240 cm³/mol. The lowest BCUT2D eigenvalue weighted by molar-refractivity contribution is -0.256. The van der Waals surface area contributed by atoms with Crippen molar-refractivity contribution in [2.75, 3.05) is 53.6 Å². The molecule has 9 rings (SSSR count). The molecule has 10 atom stereocenters. The molecule has 2 aromatic carbocycles. The van der Waals surface area contributed by atoms with Gasteiger partial charge in [-0.05, 0) is 26.8 Å². The van der Waals surface area contributed by atoms with Crippen molar-refractivity contribution in [3.8, 4) is 17.2 Å². The van der Waals surface area contributed by atoms with E-state index in [0.29, 0.717) is 13.2 Å². The van der Waals surface area contributed by atoms with E-state index in [2.05, 4.69) is 20.9 Å². The Hall–Kier alpha value is -6.34. The fraction of sp³-hybridized carbons (Fsp3) is 0.542. The fourth-order valence-corrected chi connectivity index (χ4v) is 10.7. The maximum Gasteiger partial charge on any atom is 0.253 e. The molecule has 2 aliphatic carbocycles. The van der Waals surface area contributed by atoms with Gasteiger partial charge < -0.3 is 64.6 Å². The van der Waals surface area contributed by atoms with Gasteiger partial charge in [0.2, 0.25) is 23.5 Å². The van der Waals surface area contributed by atoms with E-state index >= 15 is 0 Å². The van der Waals surface area contributed by atoms with Crippen molar-refractivity contribution in [1.29, 1.82) is 0 Å². The maximum absolute atomic E-state index is 14.2. The highest BCUT2D eigenvalue weighted by atomic mass is 16.7. The number of phenols is 2. The van der Waals surface area contributed by atoms with Gasteiger partial charge in [-0.3, -0.25) is 48.2 Å². The standard InChI is InChI=1S/C48H56N6O17/c1-21(50-30(55)11-12-54-31(56)9-10-32(54)57)43(62)51-22(2)44(63)52-19-24(20-52)18-49-47(64)48(65)16-26-35(41(61)37-36(39(26)59)38(58)25-7-6-8-28(66-4)34(25)40(37)60)29(17-48)70-33-15-27-42(23(3)69-33)71-45-46(67-5)68-14-13-53(27)45/h6-10,21-24,27,29,33,42,45-46,59,61,65H,11-20H2,1-5H3,(H,49,64)(H,50,55)(H,51,62)/t21-,22-,23-,27-,29-,33-,42+,45+,46-,48-/m0/s1. The summed E-state index contributed by atoms with van der Waals surface area (Å²) in [6.07, 6.45) is -3.37. The van der Waals surface area contributed by atoms with Gasteiger partial charge in [-0.15, -0.1) is 0 Å². The number of carbonyl (C=O) groups excluding carboxylic acids is 8. The number of aliphatic hydroxyl groups is 1. The molecule has 7 aliphatic rings. The molecular formula is C48H56N6O17. The summed E-state index contributed by atoms with van der Waals surface area (Å²) in [6, 6.07) is 2.12. The highest BCUT2D eigenvalue weighted by molar-refractivity contribution is 6.31. The molecule has 6 N–H and O–H groups in total. The van der Waals surface area contributed by atoms with E-state index < -0.39 is 137 Å². The van der Waals surface area contributed by atoms with Crippen molar-refractivity contribution < 1.29 is 82.1 Å². The number of aromatic hydroxyl groups is 2. The van der Waals surface area contributed by atoms with Gasteiger partial charge in [0.1, 0.15) is 41.0 Å². The van der Waals surface area contributed by atoms with E-state index in [9.17, 15) is 53.7 Å². The third-order valence-corrected chi connectivity index (χ3v) is 14.4. The van der Waals surface area contributed by atoms with E-state index in [1.807, 2.05) is 6.92 Å². The Morgan fingerprint density at radius 2 is 1.65 bits per heavy atom. The number of amides is 6. The molecule has 0 radical (unpaired) electrons. The minimum atomic E-state index is -2.32. The molecule has 23 nitrogen and oxygen atoms in total. The van der Waals surface area contributed by atoms with Crippen LogP contribution in [0, 0.1) is 5.92 Å². The average Bonchev–Trinajstić information content (AvgIpc) is 3.87. The summed E-state index contributed by atoms with van der Waals surface area (Å²) in [7, 11) is 2.85. The number of fused-ring (bicyclic) bond motifs is 6. The first-order valence-corrected chi connectivity index (χ1v) is 23.5. The lowest BCUT2D eigenvalue weighted by atomic mass is 9.72. The smallest absolute Gasteiger partial charge is 0.253 e. The molecule has 6 amide bonds. The summed E-state index contributed by atoms with van der Waals surface area (Å²) in [5.74, 6) is -6.73. The zero-order valence-electron chi connectivity index (χ0n) is 39.6. The van der Waals surface area contributed by atoms with Crippen LogP contribution in [-0.4, -0.2) is 185 Å². The van der Waals surface area contributed by atoms with Gasteiger partial charge >= 0.3 is 0 Å². The molecule has 0 spiro atoms. The number of nitrogens with one attached hydrogen (secondary N) is 3. The number of methoxy groups -OCH3 is 2. The Kier molecular flexibility index (Phi) is 13.5. The molecule has 0 saturated carbocycles. The number of ether oxygens (including phenoxy) is 6. The zero-order valence-corrected chi connectivity index (χ0v) is 39.6. The van der Waals surface area contributed by atoms with E-state index in [-0.39, 0.29) is 79.0 Å². The Morgan fingerprint density at radius 3 is 2.35 bits per heavy atom. The van der Waals surface area contributed by atoms with Crippen LogP contribution in [-0.2, 0) is 58.9 Å². The molecule has 4 saturated heterocycles. The number of rotatable bonds is 14.